The number of hydrogen-bond acceptors (Lipinski definition) is 2. The topological polar surface area (TPSA) is 30.2 Å². The number of benzene rings is 1. The molecule has 0 bridgehead atoms. The van der Waals surface area contributed by atoms with Gasteiger partial charge in [-0.3, -0.25) is 4.79 Å². The summed E-state index contributed by atoms with van der Waals surface area (Å²) in [5.41, 5.74) is -0.0970. The Bertz CT molecular complexity index is 607. The van der Waals surface area contributed by atoms with Gasteiger partial charge in [-0.05, 0) is 40.2 Å². The Morgan fingerprint density at radius 3 is 2.72 bits per heavy atom. The van der Waals surface area contributed by atoms with E-state index in [0.717, 1.165) is 0 Å². The molecule has 0 unspecified atom stereocenters. The van der Waals surface area contributed by atoms with Crippen molar-refractivity contribution in [2.24, 2.45) is 0 Å². The van der Waals surface area contributed by atoms with Gasteiger partial charge >= 0.3 is 0 Å². The average Bonchev–Trinajstić information content (AvgIpc) is 2.84. The zero-order valence-corrected chi connectivity index (χ0v) is 11.8. The second-order valence-corrected chi connectivity index (χ2v) is 4.90. The molecule has 2 aromatic rings. The molecule has 1 heterocycles. The number of carbonyl (C=O) groups excluding carboxylic acids is 1. The third-order valence-electron chi connectivity index (χ3n) is 2.51. The molecule has 5 heteroatoms. The Labute approximate surface area is 117 Å². The largest absolute Gasteiger partial charge is 0.458 e. The molecule has 1 aromatic heterocycles. The molecule has 0 saturated carbocycles. The van der Waals surface area contributed by atoms with Crippen molar-refractivity contribution in [3.8, 4) is 0 Å². The molecule has 18 heavy (non-hydrogen) atoms. The second kappa shape index (κ2) is 5.24. The minimum absolute atomic E-state index is 0.0970. The second-order valence-electron chi connectivity index (χ2n) is 3.67. The van der Waals surface area contributed by atoms with Crippen molar-refractivity contribution in [3.05, 3.63) is 56.7 Å². The summed E-state index contributed by atoms with van der Waals surface area (Å²) < 4.78 is 19.6. The van der Waals surface area contributed by atoms with Crippen LogP contribution < -0.4 is 0 Å². The predicted molar refractivity (Wildman–Crippen MR) is 70.6 cm³/mol. The Morgan fingerprint density at radius 1 is 1.39 bits per heavy atom. The normalized spacial score (nSPS) is 10.7. The van der Waals surface area contributed by atoms with E-state index in [-0.39, 0.29) is 16.3 Å². The lowest BCUT2D eigenvalue weighted by Gasteiger charge is -2.03. The highest BCUT2D eigenvalue weighted by molar-refractivity contribution is 9.10. The predicted octanol–water partition coefficient (Wildman–Crippen LogP) is 4.63. The third kappa shape index (κ3) is 2.35. The number of aryl methyl sites for hydroxylation is 1. The summed E-state index contributed by atoms with van der Waals surface area (Å²) in [6, 6.07) is 6.15. The number of hydrogen-bond donors (Lipinski definition) is 0. The standard InChI is InChI=1S/C13H9BrClFO2/c1-2-7-3-6-10(18-7)13(17)8-4-5-9(14)11(15)12(8)16/h3-6H,2H2,1H3. The number of ketones is 1. The first-order chi connectivity index (χ1) is 8.54. The highest BCUT2D eigenvalue weighted by Crippen LogP contribution is 2.29. The van der Waals surface area contributed by atoms with E-state index in [1.54, 1.807) is 6.07 Å². The van der Waals surface area contributed by atoms with Crippen LogP contribution in [0.5, 0.6) is 0 Å². The Morgan fingerprint density at radius 2 is 2.11 bits per heavy atom. The van der Waals surface area contributed by atoms with Crippen LogP contribution in [0.15, 0.2) is 33.2 Å². The van der Waals surface area contributed by atoms with E-state index in [4.69, 9.17) is 16.0 Å². The lowest BCUT2D eigenvalue weighted by atomic mass is 10.1. The summed E-state index contributed by atoms with van der Waals surface area (Å²) in [6.07, 6.45) is 0.677. The van der Waals surface area contributed by atoms with Crippen molar-refractivity contribution < 1.29 is 13.6 Å². The summed E-state index contributed by atoms with van der Waals surface area (Å²) in [6.45, 7) is 1.91. The zero-order valence-electron chi connectivity index (χ0n) is 9.47. The summed E-state index contributed by atoms with van der Waals surface area (Å²) in [5, 5.41) is -0.108. The van der Waals surface area contributed by atoms with Gasteiger partial charge < -0.3 is 4.42 Å². The fourth-order valence-electron chi connectivity index (χ4n) is 1.52. The summed E-state index contributed by atoms with van der Waals surface area (Å²) in [4.78, 5) is 12.1. The highest BCUT2D eigenvalue weighted by Gasteiger charge is 2.20. The third-order valence-corrected chi connectivity index (χ3v) is 3.77. The van der Waals surface area contributed by atoms with Crippen LogP contribution in [0.25, 0.3) is 0 Å². The monoisotopic (exact) mass is 330 g/mol. The first kappa shape index (κ1) is 13.3. The first-order valence-electron chi connectivity index (χ1n) is 5.31. The molecule has 0 saturated heterocycles. The van der Waals surface area contributed by atoms with Crippen LogP contribution in [0.4, 0.5) is 4.39 Å². The molecule has 0 N–H and O–H groups in total. The van der Waals surface area contributed by atoms with Crippen LogP contribution in [0.2, 0.25) is 5.02 Å². The van der Waals surface area contributed by atoms with Crippen molar-refractivity contribution in [2.75, 3.05) is 0 Å². The first-order valence-corrected chi connectivity index (χ1v) is 6.48. The van der Waals surface area contributed by atoms with Crippen molar-refractivity contribution in [1.29, 1.82) is 0 Å². The van der Waals surface area contributed by atoms with Crippen LogP contribution in [0, 0.1) is 5.82 Å². The van der Waals surface area contributed by atoms with Crippen LogP contribution in [-0.2, 0) is 6.42 Å². The van der Waals surface area contributed by atoms with Gasteiger partial charge in [0, 0.05) is 10.9 Å². The number of carbonyl (C=O) groups is 1. The molecule has 1 aromatic carbocycles. The molecule has 0 atom stereocenters. The van der Waals surface area contributed by atoms with Crippen molar-refractivity contribution in [2.45, 2.75) is 13.3 Å². The van der Waals surface area contributed by atoms with Crippen LogP contribution in [0.1, 0.15) is 28.8 Å². The SMILES string of the molecule is CCc1ccc(C(=O)c2ccc(Br)c(Cl)c2F)o1. The molecular formula is C13H9BrClFO2. The zero-order chi connectivity index (χ0) is 13.3. The van der Waals surface area contributed by atoms with Gasteiger partial charge in [0.2, 0.25) is 5.78 Å². The lowest BCUT2D eigenvalue weighted by molar-refractivity contribution is 0.100. The summed E-state index contributed by atoms with van der Waals surface area (Å²) in [5.74, 6) is -0.460. The minimum atomic E-state index is -0.745. The average molecular weight is 332 g/mol. The maximum absolute atomic E-state index is 13.9. The van der Waals surface area contributed by atoms with Crippen LogP contribution >= 0.6 is 27.5 Å². The van der Waals surface area contributed by atoms with E-state index in [0.29, 0.717) is 16.7 Å². The van der Waals surface area contributed by atoms with E-state index in [9.17, 15) is 9.18 Å². The molecule has 2 nitrogen and oxygen atoms in total. The Kier molecular flexibility index (Phi) is 3.88. The van der Waals surface area contributed by atoms with E-state index in [1.807, 2.05) is 6.92 Å². The van der Waals surface area contributed by atoms with Gasteiger partial charge in [0.05, 0.1) is 10.6 Å². The van der Waals surface area contributed by atoms with Crippen molar-refractivity contribution in [1.82, 2.24) is 0 Å². The Balaban J connectivity index is 2.43. The molecule has 0 aliphatic carbocycles. The van der Waals surface area contributed by atoms with Crippen LogP contribution in [-0.4, -0.2) is 5.78 Å². The highest BCUT2D eigenvalue weighted by atomic mass is 79.9. The lowest BCUT2D eigenvalue weighted by Crippen LogP contribution is -2.03. The van der Waals surface area contributed by atoms with E-state index in [1.165, 1.54) is 18.2 Å². The van der Waals surface area contributed by atoms with E-state index < -0.39 is 11.6 Å². The van der Waals surface area contributed by atoms with Crippen molar-refractivity contribution in [3.63, 3.8) is 0 Å². The number of rotatable bonds is 3. The molecule has 0 aliphatic heterocycles. The molecule has 94 valence electrons. The maximum atomic E-state index is 13.9. The van der Waals surface area contributed by atoms with Gasteiger partial charge in [0.1, 0.15) is 5.76 Å². The molecule has 0 amide bonds. The molecule has 2 rings (SSSR count). The molecule has 0 aliphatic rings. The summed E-state index contributed by atoms with van der Waals surface area (Å²) >= 11 is 8.84. The molecular weight excluding hydrogens is 322 g/mol. The minimum Gasteiger partial charge on any atom is -0.458 e. The van der Waals surface area contributed by atoms with Gasteiger partial charge in [-0.2, -0.15) is 0 Å². The van der Waals surface area contributed by atoms with Gasteiger partial charge in [-0.25, -0.2) is 4.39 Å². The quantitative estimate of drug-likeness (QED) is 0.606. The fourth-order valence-corrected chi connectivity index (χ4v) is 1.99. The molecule has 0 fully saturated rings. The van der Waals surface area contributed by atoms with Gasteiger partial charge in [0.15, 0.2) is 11.6 Å². The number of halogens is 3. The van der Waals surface area contributed by atoms with Gasteiger partial charge in [-0.15, -0.1) is 0 Å². The van der Waals surface area contributed by atoms with E-state index >= 15 is 0 Å². The molecule has 0 spiro atoms. The molecule has 0 radical (unpaired) electrons. The van der Waals surface area contributed by atoms with Gasteiger partial charge in [0.25, 0.3) is 0 Å². The smallest absolute Gasteiger partial charge is 0.231 e. The number of furan rings is 1. The van der Waals surface area contributed by atoms with Gasteiger partial charge in [-0.1, -0.05) is 18.5 Å². The van der Waals surface area contributed by atoms with Crippen molar-refractivity contribution >= 4 is 33.3 Å². The van der Waals surface area contributed by atoms with E-state index in [2.05, 4.69) is 15.9 Å². The Hall–Kier alpha value is -1.13. The summed E-state index contributed by atoms with van der Waals surface area (Å²) in [7, 11) is 0. The fraction of sp³-hybridized carbons (Fsp3) is 0.154. The van der Waals surface area contributed by atoms with Crippen LogP contribution in [0.3, 0.4) is 0 Å². The maximum Gasteiger partial charge on any atom is 0.231 e.